The minimum atomic E-state index is -3.15. The monoisotopic (exact) mass is 338 g/mol. The van der Waals surface area contributed by atoms with Crippen molar-refractivity contribution in [2.24, 2.45) is 17.6 Å². The van der Waals surface area contributed by atoms with Gasteiger partial charge >= 0.3 is 0 Å². The number of rotatable bonds is 6. The van der Waals surface area contributed by atoms with Gasteiger partial charge in [0, 0.05) is 11.6 Å². The molecule has 1 aromatic carbocycles. The van der Waals surface area contributed by atoms with Gasteiger partial charge in [-0.15, -0.1) is 0 Å². The third-order valence-electron chi connectivity index (χ3n) is 4.58. The summed E-state index contributed by atoms with van der Waals surface area (Å²) in [6, 6.07) is 7.07. The first-order valence-electron chi connectivity index (χ1n) is 8.15. The van der Waals surface area contributed by atoms with Crippen LogP contribution in [0.3, 0.4) is 0 Å². The van der Waals surface area contributed by atoms with E-state index in [1.165, 1.54) is 0 Å². The molecule has 0 radical (unpaired) electrons. The van der Waals surface area contributed by atoms with Gasteiger partial charge in [0.05, 0.1) is 11.0 Å². The number of anilines is 1. The van der Waals surface area contributed by atoms with E-state index in [-0.39, 0.29) is 23.5 Å². The fourth-order valence-corrected chi connectivity index (χ4v) is 4.01. The molecule has 0 aromatic heterocycles. The molecule has 0 aliphatic heterocycles. The molecule has 1 aliphatic rings. The molecule has 0 heterocycles. The van der Waals surface area contributed by atoms with Crippen molar-refractivity contribution < 1.29 is 13.2 Å². The number of nitrogens with one attached hydrogen (secondary N) is 1. The highest BCUT2D eigenvalue weighted by molar-refractivity contribution is 7.91. The number of nitrogens with two attached hydrogens (primary N) is 1. The normalized spacial score (nSPS) is 21.6. The molecule has 3 N–H and O–H groups in total. The first-order valence-corrected chi connectivity index (χ1v) is 9.86. The molecule has 128 valence electrons. The number of benzene rings is 1. The van der Waals surface area contributed by atoms with E-state index in [1.807, 2.05) is 0 Å². The average molecular weight is 338 g/mol. The minimum Gasteiger partial charge on any atom is -0.330 e. The quantitative estimate of drug-likeness (QED) is 0.833. The van der Waals surface area contributed by atoms with Crippen molar-refractivity contribution in [3.63, 3.8) is 0 Å². The Kier molecular flexibility index (Phi) is 5.81. The zero-order valence-corrected chi connectivity index (χ0v) is 14.6. The largest absolute Gasteiger partial charge is 0.330 e. The second kappa shape index (κ2) is 7.45. The summed E-state index contributed by atoms with van der Waals surface area (Å²) >= 11 is 0. The lowest BCUT2D eigenvalue weighted by Crippen LogP contribution is -2.29. The van der Waals surface area contributed by atoms with Crippen molar-refractivity contribution in [1.29, 1.82) is 0 Å². The van der Waals surface area contributed by atoms with Gasteiger partial charge in [0.15, 0.2) is 9.84 Å². The molecule has 1 fully saturated rings. The summed E-state index contributed by atoms with van der Waals surface area (Å²) < 4.78 is 24.0. The van der Waals surface area contributed by atoms with Gasteiger partial charge in [-0.05, 0) is 56.8 Å². The van der Waals surface area contributed by atoms with Crippen LogP contribution in [-0.4, -0.2) is 26.1 Å². The van der Waals surface area contributed by atoms with Crippen LogP contribution in [0.15, 0.2) is 24.3 Å². The molecular weight excluding hydrogens is 312 g/mol. The Bertz CT molecular complexity index is 656. The Hall–Kier alpha value is -1.40. The number of carbonyl (C=O) groups is 1. The van der Waals surface area contributed by atoms with Crippen molar-refractivity contribution in [3.8, 4) is 0 Å². The second-order valence-corrected chi connectivity index (χ2v) is 9.14. The fraction of sp³-hybridized carbons (Fsp3) is 0.588. The van der Waals surface area contributed by atoms with Crippen LogP contribution >= 0.6 is 0 Å². The van der Waals surface area contributed by atoms with E-state index >= 15 is 0 Å². The summed E-state index contributed by atoms with van der Waals surface area (Å²) in [5.41, 5.74) is 7.07. The van der Waals surface area contributed by atoms with Crippen molar-refractivity contribution >= 4 is 21.4 Å². The molecule has 1 saturated carbocycles. The van der Waals surface area contributed by atoms with Crippen LogP contribution in [0.2, 0.25) is 0 Å². The topological polar surface area (TPSA) is 89.3 Å². The summed E-state index contributed by atoms with van der Waals surface area (Å²) in [6.07, 6.45) is 2.91. The number of carbonyl (C=O) groups excluding carboxylic acids is 1. The van der Waals surface area contributed by atoms with E-state index in [1.54, 1.807) is 38.1 Å². The molecule has 5 nitrogen and oxygen atoms in total. The van der Waals surface area contributed by atoms with Gasteiger partial charge in [-0.25, -0.2) is 8.42 Å². The predicted molar refractivity (Wildman–Crippen MR) is 92.7 cm³/mol. The van der Waals surface area contributed by atoms with E-state index in [4.69, 9.17) is 5.73 Å². The number of hydrogen-bond acceptors (Lipinski definition) is 4. The Balaban J connectivity index is 2.07. The van der Waals surface area contributed by atoms with Crippen LogP contribution in [0.4, 0.5) is 5.69 Å². The lowest BCUT2D eigenvalue weighted by atomic mass is 9.95. The zero-order valence-electron chi connectivity index (χ0n) is 13.8. The van der Waals surface area contributed by atoms with Crippen LogP contribution < -0.4 is 11.1 Å². The molecule has 0 unspecified atom stereocenters. The van der Waals surface area contributed by atoms with Gasteiger partial charge < -0.3 is 11.1 Å². The molecule has 0 saturated heterocycles. The van der Waals surface area contributed by atoms with Crippen LogP contribution in [-0.2, 0) is 20.4 Å². The number of hydrogen-bond donors (Lipinski definition) is 2. The third kappa shape index (κ3) is 4.54. The Morgan fingerprint density at radius 3 is 2.74 bits per heavy atom. The highest BCUT2D eigenvalue weighted by Crippen LogP contribution is 2.32. The van der Waals surface area contributed by atoms with E-state index < -0.39 is 15.1 Å². The molecule has 6 heteroatoms. The van der Waals surface area contributed by atoms with Crippen molar-refractivity contribution in [3.05, 3.63) is 29.8 Å². The van der Waals surface area contributed by atoms with E-state index in [2.05, 4.69) is 5.32 Å². The van der Waals surface area contributed by atoms with Crippen LogP contribution in [0.5, 0.6) is 0 Å². The van der Waals surface area contributed by atoms with E-state index in [0.29, 0.717) is 17.8 Å². The van der Waals surface area contributed by atoms with Crippen molar-refractivity contribution in [1.82, 2.24) is 0 Å². The summed E-state index contributed by atoms with van der Waals surface area (Å²) in [5, 5.41) is 2.50. The number of amides is 1. The molecule has 0 spiro atoms. The van der Waals surface area contributed by atoms with Crippen molar-refractivity contribution in [2.45, 2.75) is 44.1 Å². The first-order chi connectivity index (χ1) is 10.8. The molecule has 0 bridgehead atoms. The molecule has 2 atom stereocenters. The Morgan fingerprint density at radius 1 is 1.35 bits per heavy atom. The maximum atomic E-state index is 12.4. The second-order valence-electron chi connectivity index (χ2n) is 6.58. The Morgan fingerprint density at radius 2 is 2.09 bits per heavy atom. The van der Waals surface area contributed by atoms with E-state index in [9.17, 15) is 13.2 Å². The zero-order chi connectivity index (χ0) is 17.0. The highest BCUT2D eigenvalue weighted by atomic mass is 32.2. The Labute approximate surface area is 138 Å². The van der Waals surface area contributed by atoms with Crippen LogP contribution in [0.25, 0.3) is 0 Å². The first kappa shape index (κ1) is 17.9. The van der Waals surface area contributed by atoms with Gasteiger partial charge in [-0.3, -0.25) is 4.79 Å². The summed E-state index contributed by atoms with van der Waals surface area (Å²) in [7, 11) is -3.15. The minimum absolute atomic E-state index is 0.0107. The lowest BCUT2D eigenvalue weighted by Gasteiger charge is -2.17. The van der Waals surface area contributed by atoms with Gasteiger partial charge in [0.1, 0.15) is 0 Å². The van der Waals surface area contributed by atoms with E-state index in [0.717, 1.165) is 19.3 Å². The molecule has 23 heavy (non-hydrogen) atoms. The molecule has 1 aliphatic carbocycles. The summed E-state index contributed by atoms with van der Waals surface area (Å²) in [4.78, 5) is 12.4. The van der Waals surface area contributed by atoms with Gasteiger partial charge in [-0.2, -0.15) is 0 Å². The van der Waals surface area contributed by atoms with Gasteiger partial charge in [0.2, 0.25) is 5.91 Å². The molecule has 2 rings (SSSR count). The molecular formula is C17H26N2O3S. The maximum absolute atomic E-state index is 12.4. The molecule has 1 aromatic rings. The van der Waals surface area contributed by atoms with Gasteiger partial charge in [0.25, 0.3) is 0 Å². The molecule has 1 amide bonds. The average Bonchev–Trinajstić information content (AvgIpc) is 2.95. The van der Waals surface area contributed by atoms with Crippen molar-refractivity contribution in [2.75, 3.05) is 11.9 Å². The highest BCUT2D eigenvalue weighted by Gasteiger charge is 2.31. The van der Waals surface area contributed by atoms with Gasteiger partial charge in [-0.1, -0.05) is 18.6 Å². The van der Waals surface area contributed by atoms with Crippen LogP contribution in [0, 0.1) is 11.8 Å². The smallest absolute Gasteiger partial charge is 0.227 e. The summed E-state index contributed by atoms with van der Waals surface area (Å²) in [5.74, 6) is 0.188. The maximum Gasteiger partial charge on any atom is 0.227 e. The standard InChI is InChI=1S/C17H26N2O3S/c1-12(2)23(21,22)11-13-5-3-7-15(9-13)19-17(20)16-8-4-6-14(16)10-18/h3,5,7,9,12,14,16H,4,6,8,10-11,18H2,1-2H3,(H,19,20)/t14-,16-/m1/s1. The number of sulfone groups is 1. The summed E-state index contributed by atoms with van der Waals surface area (Å²) in [6.45, 7) is 3.88. The van der Waals surface area contributed by atoms with Crippen LogP contribution in [0.1, 0.15) is 38.7 Å². The SMILES string of the molecule is CC(C)S(=O)(=O)Cc1cccc(NC(=O)[C@@H]2CCC[C@@H]2CN)c1. The third-order valence-corrected chi connectivity index (χ3v) is 6.75. The predicted octanol–water partition coefficient (Wildman–Crippen LogP) is 2.32. The lowest BCUT2D eigenvalue weighted by molar-refractivity contribution is -0.120. The fourth-order valence-electron chi connectivity index (χ4n) is 3.04.